The number of nitrogens with zero attached hydrogens (tertiary/aromatic N) is 2. The van der Waals surface area contributed by atoms with Gasteiger partial charge in [0.2, 0.25) is 0 Å². The van der Waals surface area contributed by atoms with Crippen molar-refractivity contribution in [3.63, 3.8) is 0 Å². The average molecular weight is 352 g/mol. The second-order valence-electron chi connectivity index (χ2n) is 6.28. The molecule has 3 aromatic rings. The highest BCUT2D eigenvalue weighted by Gasteiger charge is 2.19. The van der Waals surface area contributed by atoms with Crippen molar-refractivity contribution in [1.82, 2.24) is 15.2 Å². The van der Waals surface area contributed by atoms with Gasteiger partial charge in [0.15, 0.2) is 5.13 Å². The summed E-state index contributed by atoms with van der Waals surface area (Å²) in [5.74, 6) is -0.172. The van der Waals surface area contributed by atoms with E-state index in [4.69, 9.17) is 0 Å². The lowest BCUT2D eigenvalue weighted by Crippen LogP contribution is -2.12. The van der Waals surface area contributed by atoms with Crippen molar-refractivity contribution in [1.29, 1.82) is 0 Å². The fourth-order valence-corrected chi connectivity index (χ4v) is 4.25. The van der Waals surface area contributed by atoms with Crippen molar-refractivity contribution >= 4 is 22.4 Å². The molecule has 0 aliphatic heterocycles. The number of benzene rings is 1. The quantitative estimate of drug-likeness (QED) is 0.732. The molecule has 1 amide bonds. The highest BCUT2D eigenvalue weighted by Crippen LogP contribution is 2.29. The van der Waals surface area contributed by atoms with Crippen molar-refractivity contribution < 1.29 is 4.79 Å². The van der Waals surface area contributed by atoms with E-state index in [1.165, 1.54) is 30.6 Å². The van der Waals surface area contributed by atoms with Crippen LogP contribution in [0.4, 0.5) is 5.13 Å². The number of hydrogen-bond donors (Lipinski definition) is 2. The summed E-state index contributed by atoms with van der Waals surface area (Å²) < 4.78 is 0. The van der Waals surface area contributed by atoms with Crippen LogP contribution in [0.3, 0.4) is 0 Å². The number of rotatable bonds is 3. The maximum Gasteiger partial charge on any atom is 0.261 e. The molecular weight excluding hydrogens is 332 g/mol. The molecular formula is C19H20N4OS. The van der Waals surface area contributed by atoms with Crippen LogP contribution in [0.5, 0.6) is 0 Å². The molecule has 0 bridgehead atoms. The number of fused-ring (bicyclic) bond motifs is 1. The highest BCUT2D eigenvalue weighted by atomic mass is 32.1. The molecule has 5 nitrogen and oxygen atoms in total. The minimum atomic E-state index is -0.172. The van der Waals surface area contributed by atoms with Gasteiger partial charge in [-0.2, -0.15) is 5.10 Å². The minimum absolute atomic E-state index is 0.172. The lowest BCUT2D eigenvalue weighted by molar-refractivity contribution is 0.102. The Morgan fingerprint density at radius 2 is 1.88 bits per heavy atom. The molecule has 0 radical (unpaired) electrons. The van der Waals surface area contributed by atoms with Crippen molar-refractivity contribution in [2.75, 3.05) is 5.32 Å². The Labute approximate surface area is 150 Å². The number of amides is 1. The number of hydrogen-bond acceptors (Lipinski definition) is 4. The molecule has 128 valence electrons. The first-order valence-electron chi connectivity index (χ1n) is 8.70. The van der Waals surface area contributed by atoms with E-state index >= 15 is 0 Å². The molecule has 1 aliphatic carbocycles. The van der Waals surface area contributed by atoms with E-state index in [0.717, 1.165) is 29.8 Å². The molecule has 2 heterocycles. The van der Waals surface area contributed by atoms with E-state index < -0.39 is 0 Å². The molecule has 0 atom stereocenters. The molecule has 25 heavy (non-hydrogen) atoms. The Hall–Kier alpha value is -2.47. The van der Waals surface area contributed by atoms with Gasteiger partial charge >= 0.3 is 0 Å². The first-order chi connectivity index (χ1) is 12.3. The summed E-state index contributed by atoms with van der Waals surface area (Å²) in [6.07, 6.45) is 8.61. The molecule has 1 aromatic carbocycles. The Bertz CT molecular complexity index is 843. The molecule has 0 saturated heterocycles. The maximum absolute atomic E-state index is 12.7. The number of carbonyl (C=O) groups excluding carboxylic acids is 1. The number of nitrogens with one attached hydrogen (secondary N) is 2. The first kappa shape index (κ1) is 16.0. The highest BCUT2D eigenvalue weighted by molar-refractivity contribution is 7.15. The van der Waals surface area contributed by atoms with Gasteiger partial charge in [0.05, 0.1) is 23.1 Å². The van der Waals surface area contributed by atoms with Gasteiger partial charge in [0.1, 0.15) is 0 Å². The zero-order valence-corrected chi connectivity index (χ0v) is 14.7. The lowest BCUT2D eigenvalue weighted by Gasteiger charge is -2.06. The summed E-state index contributed by atoms with van der Waals surface area (Å²) >= 11 is 1.61. The first-order valence-corrected chi connectivity index (χ1v) is 9.51. The molecule has 1 aliphatic rings. The van der Waals surface area contributed by atoms with E-state index in [0.29, 0.717) is 10.7 Å². The van der Waals surface area contributed by atoms with Gasteiger partial charge in [-0.25, -0.2) is 4.98 Å². The Morgan fingerprint density at radius 1 is 1.08 bits per heavy atom. The van der Waals surface area contributed by atoms with E-state index in [9.17, 15) is 4.79 Å². The Morgan fingerprint density at radius 3 is 2.72 bits per heavy atom. The van der Waals surface area contributed by atoms with Crippen molar-refractivity contribution in [2.24, 2.45) is 0 Å². The number of aromatic nitrogens is 3. The van der Waals surface area contributed by atoms with Gasteiger partial charge < -0.3 is 0 Å². The van der Waals surface area contributed by atoms with Crippen LogP contribution in [0.25, 0.3) is 11.3 Å². The van der Waals surface area contributed by atoms with E-state index in [1.54, 1.807) is 17.5 Å². The molecule has 0 saturated carbocycles. The van der Waals surface area contributed by atoms with Crippen molar-refractivity contribution in [2.45, 2.75) is 38.5 Å². The number of H-pyrrole nitrogens is 1. The van der Waals surface area contributed by atoms with Gasteiger partial charge in [0, 0.05) is 10.4 Å². The lowest BCUT2D eigenvalue weighted by atomic mass is 10.0. The number of anilines is 1. The molecule has 4 rings (SSSR count). The summed E-state index contributed by atoms with van der Waals surface area (Å²) in [7, 11) is 0. The number of thiazole rings is 1. The monoisotopic (exact) mass is 352 g/mol. The van der Waals surface area contributed by atoms with Gasteiger partial charge in [-0.15, -0.1) is 11.3 Å². The third-order valence-electron chi connectivity index (χ3n) is 4.51. The standard InChI is InChI=1S/C19H20N4OS/c24-18(14-12-20-23-17(14)13-8-4-3-5-9-13)22-19-21-15-10-6-1-2-7-11-16(15)25-19/h3-5,8-9,12H,1-2,6-7,10-11H2,(H,20,23)(H,21,22,24). The van der Waals surface area contributed by atoms with Crippen LogP contribution in [0.2, 0.25) is 0 Å². The zero-order chi connectivity index (χ0) is 17.1. The van der Waals surface area contributed by atoms with Gasteiger partial charge in [0.25, 0.3) is 5.91 Å². The summed E-state index contributed by atoms with van der Waals surface area (Å²) in [6.45, 7) is 0. The predicted octanol–water partition coefficient (Wildman–Crippen LogP) is 4.44. The normalized spacial score (nSPS) is 14.4. The van der Waals surface area contributed by atoms with Gasteiger partial charge in [-0.3, -0.25) is 15.2 Å². The molecule has 0 unspecified atom stereocenters. The van der Waals surface area contributed by atoms with E-state index in [1.807, 2.05) is 30.3 Å². The van der Waals surface area contributed by atoms with Gasteiger partial charge in [-0.1, -0.05) is 43.2 Å². The summed E-state index contributed by atoms with van der Waals surface area (Å²) in [5.41, 5.74) is 3.37. The second kappa shape index (κ2) is 7.19. The van der Waals surface area contributed by atoms with Gasteiger partial charge in [-0.05, 0) is 25.7 Å². The van der Waals surface area contributed by atoms with Crippen molar-refractivity contribution in [3.05, 3.63) is 52.7 Å². The zero-order valence-electron chi connectivity index (χ0n) is 13.9. The van der Waals surface area contributed by atoms with Crippen LogP contribution in [0.1, 0.15) is 46.6 Å². The van der Waals surface area contributed by atoms with Crippen LogP contribution in [-0.4, -0.2) is 21.1 Å². The second-order valence-corrected chi connectivity index (χ2v) is 7.37. The fraction of sp³-hybridized carbons (Fsp3) is 0.316. The largest absolute Gasteiger partial charge is 0.298 e. The van der Waals surface area contributed by atoms with Crippen molar-refractivity contribution in [3.8, 4) is 11.3 Å². The Balaban J connectivity index is 1.55. The summed E-state index contributed by atoms with van der Waals surface area (Å²) in [6, 6.07) is 9.75. The topological polar surface area (TPSA) is 70.7 Å². The number of aromatic amines is 1. The number of carbonyl (C=O) groups is 1. The third-order valence-corrected chi connectivity index (χ3v) is 5.59. The summed E-state index contributed by atoms with van der Waals surface area (Å²) in [5, 5.41) is 10.6. The van der Waals surface area contributed by atoms with Crippen LogP contribution in [0, 0.1) is 0 Å². The molecule has 6 heteroatoms. The molecule has 2 N–H and O–H groups in total. The SMILES string of the molecule is O=C(Nc1nc2c(s1)CCCCCC2)c1cn[nH]c1-c1ccccc1. The molecule has 0 spiro atoms. The average Bonchev–Trinajstić information content (AvgIpc) is 3.23. The van der Waals surface area contributed by atoms with E-state index in [2.05, 4.69) is 20.5 Å². The predicted molar refractivity (Wildman–Crippen MR) is 100.0 cm³/mol. The smallest absolute Gasteiger partial charge is 0.261 e. The van der Waals surface area contributed by atoms with Crippen LogP contribution in [-0.2, 0) is 12.8 Å². The fourth-order valence-electron chi connectivity index (χ4n) is 3.21. The maximum atomic E-state index is 12.7. The third kappa shape index (κ3) is 3.49. The van der Waals surface area contributed by atoms with Crippen LogP contribution < -0.4 is 5.32 Å². The molecule has 0 fully saturated rings. The molecule has 2 aromatic heterocycles. The van der Waals surface area contributed by atoms with E-state index in [-0.39, 0.29) is 5.91 Å². The minimum Gasteiger partial charge on any atom is -0.298 e. The summed E-state index contributed by atoms with van der Waals surface area (Å²) in [4.78, 5) is 18.7. The Kier molecular flexibility index (Phi) is 4.61. The van der Waals surface area contributed by atoms with Crippen LogP contribution >= 0.6 is 11.3 Å². The number of aryl methyl sites for hydroxylation is 2. The van der Waals surface area contributed by atoms with Crippen LogP contribution in [0.15, 0.2) is 36.5 Å².